The molecular formula is C20H16N4O4S. The summed E-state index contributed by atoms with van der Waals surface area (Å²) in [5, 5.41) is 13.6. The van der Waals surface area contributed by atoms with Crippen LogP contribution in [0.1, 0.15) is 10.4 Å². The molecule has 1 amide bonds. The molecule has 29 heavy (non-hydrogen) atoms. The van der Waals surface area contributed by atoms with Crippen LogP contribution in [-0.2, 0) is 0 Å². The fraction of sp³-hybridized carbons (Fsp3) is 0. The lowest BCUT2D eigenvalue weighted by atomic mass is 10.2. The molecule has 0 radical (unpaired) electrons. The standard InChI is InChI=1S/C20H16N4O4S/c25-19(14-5-4-8-18(13-14)28-17-6-2-1-3-7-17)22-23-20(29)21-15-9-11-16(12-10-15)24(26)27/h1-13H,(H,22,25)(H2,21,23,29). The number of rotatable bonds is 5. The van der Waals surface area contributed by atoms with Crippen LogP contribution in [-0.4, -0.2) is 15.9 Å². The van der Waals surface area contributed by atoms with Crippen molar-refractivity contribution in [2.75, 3.05) is 5.32 Å². The number of hydrazine groups is 1. The highest BCUT2D eigenvalue weighted by atomic mass is 32.1. The second kappa shape index (κ2) is 9.29. The fourth-order valence-corrected chi connectivity index (χ4v) is 2.51. The first-order chi connectivity index (χ1) is 14.0. The van der Waals surface area contributed by atoms with Crippen LogP contribution < -0.4 is 20.9 Å². The Hall–Kier alpha value is -3.98. The van der Waals surface area contributed by atoms with Crippen molar-refractivity contribution in [3.05, 3.63) is 94.5 Å². The molecule has 3 aromatic carbocycles. The Morgan fingerprint density at radius 3 is 2.28 bits per heavy atom. The quantitative estimate of drug-likeness (QED) is 0.333. The van der Waals surface area contributed by atoms with Crippen LogP contribution in [0.5, 0.6) is 11.5 Å². The lowest BCUT2D eigenvalue weighted by molar-refractivity contribution is -0.384. The SMILES string of the molecule is O=C(NNC(=S)Nc1ccc([N+](=O)[O-])cc1)c1cccc(Oc2ccccc2)c1. The summed E-state index contributed by atoms with van der Waals surface area (Å²) in [4.78, 5) is 22.5. The first-order valence-corrected chi connectivity index (χ1v) is 8.87. The molecule has 3 aromatic rings. The second-order valence-corrected chi connectivity index (χ2v) is 6.19. The van der Waals surface area contributed by atoms with Gasteiger partial charge in [0.15, 0.2) is 5.11 Å². The van der Waals surface area contributed by atoms with Crippen LogP contribution >= 0.6 is 12.2 Å². The molecule has 3 N–H and O–H groups in total. The molecular weight excluding hydrogens is 392 g/mol. The number of carbonyl (C=O) groups is 1. The normalized spacial score (nSPS) is 9.93. The van der Waals surface area contributed by atoms with E-state index >= 15 is 0 Å². The minimum atomic E-state index is -0.490. The smallest absolute Gasteiger partial charge is 0.269 e. The Bertz CT molecular complexity index is 1030. The number of nitrogens with zero attached hydrogens (tertiary/aromatic N) is 1. The van der Waals surface area contributed by atoms with Crippen LogP contribution in [0.3, 0.4) is 0 Å². The molecule has 3 rings (SSSR count). The van der Waals surface area contributed by atoms with E-state index in [-0.39, 0.29) is 10.8 Å². The average molecular weight is 408 g/mol. The maximum atomic E-state index is 12.3. The summed E-state index contributed by atoms with van der Waals surface area (Å²) < 4.78 is 5.71. The van der Waals surface area contributed by atoms with Gasteiger partial charge in [-0.1, -0.05) is 24.3 Å². The van der Waals surface area contributed by atoms with Crippen LogP contribution in [0.4, 0.5) is 11.4 Å². The zero-order chi connectivity index (χ0) is 20.6. The van der Waals surface area contributed by atoms with E-state index in [9.17, 15) is 14.9 Å². The molecule has 0 unspecified atom stereocenters. The maximum absolute atomic E-state index is 12.3. The Kier molecular flexibility index (Phi) is 6.33. The van der Waals surface area contributed by atoms with Crippen molar-refractivity contribution in [3.63, 3.8) is 0 Å². The Labute approximate surface area is 171 Å². The monoisotopic (exact) mass is 408 g/mol. The lowest BCUT2D eigenvalue weighted by Gasteiger charge is -2.12. The molecule has 0 bridgehead atoms. The third kappa shape index (κ3) is 5.75. The number of nitro benzene ring substituents is 1. The van der Waals surface area contributed by atoms with Gasteiger partial charge in [-0.2, -0.15) is 0 Å². The van der Waals surface area contributed by atoms with Gasteiger partial charge >= 0.3 is 0 Å². The summed E-state index contributed by atoms with van der Waals surface area (Å²) >= 11 is 5.11. The predicted molar refractivity (Wildman–Crippen MR) is 113 cm³/mol. The molecule has 0 heterocycles. The molecule has 0 aromatic heterocycles. The van der Waals surface area contributed by atoms with Crippen LogP contribution in [0.25, 0.3) is 0 Å². The molecule has 0 aliphatic heterocycles. The van der Waals surface area contributed by atoms with Gasteiger partial charge in [-0.3, -0.25) is 25.8 Å². The summed E-state index contributed by atoms with van der Waals surface area (Å²) in [7, 11) is 0. The number of para-hydroxylation sites is 1. The number of anilines is 1. The van der Waals surface area contributed by atoms with Crippen LogP contribution in [0.15, 0.2) is 78.9 Å². The summed E-state index contributed by atoms with van der Waals surface area (Å²) in [6.45, 7) is 0. The first-order valence-electron chi connectivity index (χ1n) is 8.46. The first kappa shape index (κ1) is 19.8. The average Bonchev–Trinajstić information content (AvgIpc) is 2.73. The van der Waals surface area contributed by atoms with Crippen molar-refractivity contribution < 1.29 is 14.5 Å². The van der Waals surface area contributed by atoms with Crippen LogP contribution in [0.2, 0.25) is 0 Å². The van der Waals surface area contributed by atoms with Crippen molar-refractivity contribution in [1.29, 1.82) is 0 Å². The Balaban J connectivity index is 1.54. The summed E-state index contributed by atoms with van der Waals surface area (Å²) in [6.07, 6.45) is 0. The van der Waals surface area contributed by atoms with Crippen molar-refractivity contribution in [3.8, 4) is 11.5 Å². The third-order valence-corrected chi connectivity index (χ3v) is 3.90. The van der Waals surface area contributed by atoms with E-state index in [0.29, 0.717) is 22.7 Å². The molecule has 0 atom stereocenters. The number of nitrogens with one attached hydrogen (secondary N) is 3. The van der Waals surface area contributed by atoms with E-state index < -0.39 is 10.8 Å². The number of hydrogen-bond donors (Lipinski definition) is 3. The topological polar surface area (TPSA) is 106 Å². The molecule has 0 saturated heterocycles. The second-order valence-electron chi connectivity index (χ2n) is 5.78. The number of ether oxygens (including phenoxy) is 1. The van der Waals surface area contributed by atoms with Gasteiger partial charge in [0.25, 0.3) is 11.6 Å². The third-order valence-electron chi connectivity index (χ3n) is 3.70. The molecule has 0 saturated carbocycles. The van der Waals surface area contributed by atoms with Gasteiger partial charge in [0.2, 0.25) is 0 Å². The van der Waals surface area contributed by atoms with Crippen molar-refractivity contribution in [1.82, 2.24) is 10.9 Å². The Morgan fingerprint density at radius 1 is 0.897 bits per heavy atom. The van der Waals surface area contributed by atoms with Gasteiger partial charge in [-0.15, -0.1) is 0 Å². The van der Waals surface area contributed by atoms with Gasteiger partial charge in [0, 0.05) is 23.4 Å². The lowest BCUT2D eigenvalue weighted by Crippen LogP contribution is -2.43. The van der Waals surface area contributed by atoms with Gasteiger partial charge in [-0.25, -0.2) is 0 Å². The van der Waals surface area contributed by atoms with Crippen molar-refractivity contribution >= 4 is 34.6 Å². The molecule has 0 aliphatic rings. The maximum Gasteiger partial charge on any atom is 0.269 e. The molecule has 0 fully saturated rings. The van der Waals surface area contributed by atoms with Gasteiger partial charge < -0.3 is 10.1 Å². The summed E-state index contributed by atoms with van der Waals surface area (Å²) in [5.74, 6) is 0.781. The number of nitro groups is 1. The number of amides is 1. The van der Waals surface area contributed by atoms with E-state index in [1.807, 2.05) is 30.3 Å². The van der Waals surface area contributed by atoms with E-state index in [1.54, 1.807) is 24.3 Å². The van der Waals surface area contributed by atoms with Crippen LogP contribution in [0, 0.1) is 10.1 Å². The van der Waals surface area contributed by atoms with E-state index in [0.717, 1.165) is 0 Å². The van der Waals surface area contributed by atoms with E-state index in [1.165, 1.54) is 24.3 Å². The summed E-state index contributed by atoms with van der Waals surface area (Å²) in [6, 6.07) is 21.7. The highest BCUT2D eigenvalue weighted by Crippen LogP contribution is 2.21. The van der Waals surface area contributed by atoms with Crippen molar-refractivity contribution in [2.24, 2.45) is 0 Å². The molecule has 8 nitrogen and oxygen atoms in total. The fourth-order valence-electron chi connectivity index (χ4n) is 2.34. The van der Waals surface area contributed by atoms with Gasteiger partial charge in [-0.05, 0) is 54.7 Å². The van der Waals surface area contributed by atoms with Gasteiger partial charge in [0.05, 0.1) is 4.92 Å². The molecule has 146 valence electrons. The molecule has 9 heteroatoms. The number of benzene rings is 3. The van der Waals surface area contributed by atoms with Gasteiger partial charge in [0.1, 0.15) is 11.5 Å². The highest BCUT2D eigenvalue weighted by Gasteiger charge is 2.09. The minimum absolute atomic E-state index is 0.0275. The van der Waals surface area contributed by atoms with E-state index in [2.05, 4.69) is 16.2 Å². The largest absolute Gasteiger partial charge is 0.457 e. The molecule has 0 aliphatic carbocycles. The number of thiocarbonyl (C=S) groups is 1. The van der Waals surface area contributed by atoms with Crippen molar-refractivity contribution in [2.45, 2.75) is 0 Å². The summed E-state index contributed by atoms with van der Waals surface area (Å²) in [5.41, 5.74) is 5.96. The van der Waals surface area contributed by atoms with E-state index in [4.69, 9.17) is 17.0 Å². The predicted octanol–water partition coefficient (Wildman–Crippen LogP) is 4.02. The number of carbonyl (C=O) groups excluding carboxylic acids is 1. The number of hydrogen-bond acceptors (Lipinski definition) is 5. The zero-order valence-corrected chi connectivity index (χ0v) is 15.8. The number of non-ortho nitro benzene ring substituents is 1. The molecule has 0 spiro atoms. The highest BCUT2D eigenvalue weighted by molar-refractivity contribution is 7.80. The zero-order valence-electron chi connectivity index (χ0n) is 15.0. The Morgan fingerprint density at radius 2 is 1.59 bits per heavy atom. The minimum Gasteiger partial charge on any atom is -0.457 e.